The van der Waals surface area contributed by atoms with Crippen molar-refractivity contribution in [1.82, 2.24) is 5.32 Å². The summed E-state index contributed by atoms with van der Waals surface area (Å²) >= 11 is 0. The van der Waals surface area contributed by atoms with Crippen LogP contribution in [0.4, 0.5) is 0 Å². The van der Waals surface area contributed by atoms with Gasteiger partial charge in [0.1, 0.15) is 0 Å². The minimum Gasteiger partial charge on any atom is -0.379 e. The second-order valence-corrected chi connectivity index (χ2v) is 6.68. The molecular weight excluding hydrogens is 210 g/mol. The molecule has 17 heavy (non-hydrogen) atoms. The Hall–Kier alpha value is -0.0800. The maximum absolute atomic E-state index is 5.51. The molecule has 2 heteroatoms. The van der Waals surface area contributed by atoms with Crippen LogP contribution in [-0.4, -0.2) is 25.3 Å². The van der Waals surface area contributed by atoms with Crippen molar-refractivity contribution in [3.05, 3.63) is 0 Å². The molecule has 0 aromatic carbocycles. The van der Waals surface area contributed by atoms with Gasteiger partial charge in [0.2, 0.25) is 0 Å². The molecule has 0 heterocycles. The number of rotatable bonds is 9. The second kappa shape index (κ2) is 6.75. The van der Waals surface area contributed by atoms with Crippen molar-refractivity contribution >= 4 is 0 Å². The lowest BCUT2D eigenvalue weighted by Crippen LogP contribution is -2.29. The van der Waals surface area contributed by atoms with Crippen LogP contribution in [0.3, 0.4) is 0 Å². The van der Waals surface area contributed by atoms with Crippen molar-refractivity contribution < 1.29 is 4.74 Å². The van der Waals surface area contributed by atoms with Crippen molar-refractivity contribution in [2.75, 3.05) is 13.7 Å². The van der Waals surface area contributed by atoms with Gasteiger partial charge in [0.25, 0.3) is 0 Å². The number of hydrogen-bond donors (Lipinski definition) is 1. The van der Waals surface area contributed by atoms with E-state index in [1.807, 2.05) is 7.11 Å². The van der Waals surface area contributed by atoms with E-state index < -0.39 is 0 Å². The van der Waals surface area contributed by atoms with E-state index in [1.165, 1.54) is 32.2 Å². The number of methoxy groups -OCH3 is 1. The lowest BCUT2D eigenvalue weighted by atomic mass is 9.89. The molecule has 1 aliphatic rings. The highest BCUT2D eigenvalue weighted by atomic mass is 16.5. The van der Waals surface area contributed by atoms with E-state index in [9.17, 15) is 0 Å². The summed E-state index contributed by atoms with van der Waals surface area (Å²) in [6.07, 6.45) is 6.54. The molecule has 0 saturated heterocycles. The van der Waals surface area contributed by atoms with Crippen LogP contribution in [0.1, 0.15) is 59.8 Å². The minimum atomic E-state index is 0.0365. The monoisotopic (exact) mass is 241 g/mol. The van der Waals surface area contributed by atoms with Crippen LogP contribution in [0.5, 0.6) is 0 Å². The van der Waals surface area contributed by atoms with Gasteiger partial charge in [-0.3, -0.25) is 0 Å². The van der Waals surface area contributed by atoms with Gasteiger partial charge in [0.05, 0.1) is 5.60 Å². The summed E-state index contributed by atoms with van der Waals surface area (Å²) in [6, 6.07) is 0.833. The molecule has 0 amide bonds. The molecule has 1 fully saturated rings. The van der Waals surface area contributed by atoms with E-state index in [0.29, 0.717) is 0 Å². The predicted octanol–water partition coefficient (Wildman–Crippen LogP) is 3.61. The number of ether oxygens (including phenoxy) is 1. The number of nitrogens with one attached hydrogen (secondary N) is 1. The zero-order valence-corrected chi connectivity index (χ0v) is 12.4. The molecular formula is C15H31NO. The molecule has 0 spiro atoms. The van der Waals surface area contributed by atoms with Crippen LogP contribution in [0.2, 0.25) is 0 Å². The molecule has 1 rings (SSSR count). The quantitative estimate of drug-likeness (QED) is 0.666. The molecule has 1 atom stereocenters. The predicted molar refractivity (Wildman–Crippen MR) is 74.3 cm³/mol. The maximum atomic E-state index is 5.51. The van der Waals surface area contributed by atoms with Crippen molar-refractivity contribution in [3.8, 4) is 0 Å². The Morgan fingerprint density at radius 3 is 2.41 bits per heavy atom. The zero-order chi connectivity index (χ0) is 12.9. The molecule has 0 bridgehead atoms. The normalized spacial score (nSPS) is 18.7. The number of hydrogen-bond acceptors (Lipinski definition) is 2. The summed E-state index contributed by atoms with van der Waals surface area (Å²) in [5.41, 5.74) is 0.0365. The SMILES string of the molecule is COC(C)(C)CCC(CNC1CC1)CC(C)C. The first-order valence-corrected chi connectivity index (χ1v) is 7.21. The van der Waals surface area contributed by atoms with Crippen LogP contribution in [0.25, 0.3) is 0 Å². The topological polar surface area (TPSA) is 21.3 Å². The van der Waals surface area contributed by atoms with Crippen LogP contribution in [0, 0.1) is 11.8 Å². The van der Waals surface area contributed by atoms with E-state index in [2.05, 4.69) is 33.0 Å². The van der Waals surface area contributed by atoms with Gasteiger partial charge in [-0.1, -0.05) is 13.8 Å². The van der Waals surface area contributed by atoms with Gasteiger partial charge in [-0.25, -0.2) is 0 Å². The van der Waals surface area contributed by atoms with Crippen molar-refractivity contribution in [2.45, 2.75) is 71.4 Å². The van der Waals surface area contributed by atoms with Crippen LogP contribution in [0.15, 0.2) is 0 Å². The van der Waals surface area contributed by atoms with Crippen molar-refractivity contribution in [1.29, 1.82) is 0 Å². The van der Waals surface area contributed by atoms with E-state index in [1.54, 1.807) is 0 Å². The Morgan fingerprint density at radius 1 is 1.29 bits per heavy atom. The molecule has 102 valence electrons. The van der Waals surface area contributed by atoms with E-state index in [4.69, 9.17) is 4.74 Å². The first-order chi connectivity index (χ1) is 7.93. The van der Waals surface area contributed by atoms with Crippen LogP contribution in [-0.2, 0) is 4.74 Å². The minimum absolute atomic E-state index is 0.0365. The average molecular weight is 241 g/mol. The van der Waals surface area contributed by atoms with Gasteiger partial charge in [-0.15, -0.1) is 0 Å². The Labute approximate surface area is 108 Å². The summed E-state index contributed by atoms with van der Waals surface area (Å²) in [7, 11) is 1.82. The summed E-state index contributed by atoms with van der Waals surface area (Å²) in [5.74, 6) is 1.61. The van der Waals surface area contributed by atoms with E-state index in [0.717, 1.165) is 24.3 Å². The molecule has 1 aliphatic carbocycles. The fraction of sp³-hybridized carbons (Fsp3) is 1.00. The van der Waals surface area contributed by atoms with Gasteiger partial charge in [0.15, 0.2) is 0 Å². The molecule has 0 aliphatic heterocycles. The Bertz CT molecular complexity index is 209. The summed E-state index contributed by atoms with van der Waals surface area (Å²) in [5, 5.41) is 3.68. The van der Waals surface area contributed by atoms with Crippen molar-refractivity contribution in [2.24, 2.45) is 11.8 Å². The maximum Gasteiger partial charge on any atom is 0.0622 e. The van der Waals surface area contributed by atoms with E-state index >= 15 is 0 Å². The third kappa shape index (κ3) is 7.05. The second-order valence-electron chi connectivity index (χ2n) is 6.68. The highest BCUT2D eigenvalue weighted by Crippen LogP contribution is 2.25. The molecule has 0 radical (unpaired) electrons. The third-order valence-corrected chi connectivity index (χ3v) is 3.78. The first kappa shape index (κ1) is 15.0. The van der Waals surface area contributed by atoms with Gasteiger partial charge in [-0.2, -0.15) is 0 Å². The Balaban J connectivity index is 2.27. The highest BCUT2D eigenvalue weighted by Gasteiger charge is 2.24. The third-order valence-electron chi connectivity index (χ3n) is 3.78. The highest BCUT2D eigenvalue weighted by molar-refractivity contribution is 4.82. The van der Waals surface area contributed by atoms with Crippen LogP contribution >= 0.6 is 0 Å². The Kier molecular flexibility index (Phi) is 5.94. The Morgan fingerprint density at radius 2 is 1.94 bits per heavy atom. The smallest absolute Gasteiger partial charge is 0.0622 e. The summed E-state index contributed by atoms with van der Waals surface area (Å²) in [6.45, 7) is 10.2. The lowest BCUT2D eigenvalue weighted by molar-refractivity contribution is 0.00968. The van der Waals surface area contributed by atoms with Crippen LogP contribution < -0.4 is 5.32 Å². The average Bonchev–Trinajstić information content (AvgIpc) is 3.05. The summed E-state index contributed by atoms with van der Waals surface area (Å²) in [4.78, 5) is 0. The molecule has 1 N–H and O–H groups in total. The molecule has 0 aromatic rings. The van der Waals surface area contributed by atoms with Gasteiger partial charge < -0.3 is 10.1 Å². The standard InChI is InChI=1S/C15H31NO/c1-12(2)10-13(11-16-14-6-7-14)8-9-15(3,4)17-5/h12-14,16H,6-11H2,1-5H3. The fourth-order valence-corrected chi connectivity index (χ4v) is 2.24. The zero-order valence-electron chi connectivity index (χ0n) is 12.4. The summed E-state index contributed by atoms with van der Waals surface area (Å²) < 4.78 is 5.51. The van der Waals surface area contributed by atoms with E-state index in [-0.39, 0.29) is 5.60 Å². The largest absolute Gasteiger partial charge is 0.379 e. The molecule has 0 aromatic heterocycles. The van der Waals surface area contributed by atoms with Gasteiger partial charge in [0, 0.05) is 13.2 Å². The molecule has 2 nitrogen and oxygen atoms in total. The fourth-order valence-electron chi connectivity index (χ4n) is 2.24. The lowest BCUT2D eigenvalue weighted by Gasteiger charge is -2.27. The van der Waals surface area contributed by atoms with Gasteiger partial charge >= 0.3 is 0 Å². The molecule has 1 saturated carbocycles. The molecule has 1 unspecified atom stereocenters. The van der Waals surface area contributed by atoms with Gasteiger partial charge in [-0.05, 0) is 64.3 Å². The first-order valence-electron chi connectivity index (χ1n) is 7.21. The van der Waals surface area contributed by atoms with Crippen molar-refractivity contribution in [3.63, 3.8) is 0 Å².